The van der Waals surface area contributed by atoms with Gasteiger partial charge in [-0.25, -0.2) is 0 Å². The van der Waals surface area contributed by atoms with Gasteiger partial charge in [0.2, 0.25) is 0 Å². The predicted octanol–water partition coefficient (Wildman–Crippen LogP) is 5.21. The van der Waals surface area contributed by atoms with Crippen LogP contribution in [0.5, 0.6) is 0 Å². The van der Waals surface area contributed by atoms with E-state index >= 15 is 0 Å². The zero-order valence-electron chi connectivity index (χ0n) is 13.7. The van der Waals surface area contributed by atoms with E-state index < -0.39 is 0 Å². The lowest BCUT2D eigenvalue weighted by atomic mass is 9.98. The van der Waals surface area contributed by atoms with Crippen LogP contribution in [-0.2, 0) is 12.8 Å². The second kappa shape index (κ2) is 7.77. The molecule has 0 aliphatic carbocycles. The van der Waals surface area contributed by atoms with Gasteiger partial charge in [0.15, 0.2) is 0 Å². The van der Waals surface area contributed by atoms with Crippen LogP contribution in [0.15, 0.2) is 30.3 Å². The molecule has 1 aromatic carbocycles. The van der Waals surface area contributed by atoms with Crippen LogP contribution in [0.25, 0.3) is 0 Å². The summed E-state index contributed by atoms with van der Waals surface area (Å²) in [7, 11) is 0. The highest BCUT2D eigenvalue weighted by molar-refractivity contribution is 7.11. The van der Waals surface area contributed by atoms with Gasteiger partial charge in [-0.1, -0.05) is 32.0 Å². The standard InChI is InChI=1S/C19H27NS/c1-5-11-20-19(13-18-10-9-17(6-2)21-18)16-8-7-14(3)15(4)12-16/h7-10,12,19-20H,5-6,11,13H2,1-4H3. The molecule has 0 aliphatic rings. The molecule has 0 amide bonds. The molecule has 114 valence electrons. The van der Waals surface area contributed by atoms with E-state index in [-0.39, 0.29) is 0 Å². The minimum Gasteiger partial charge on any atom is -0.310 e. The molecule has 21 heavy (non-hydrogen) atoms. The van der Waals surface area contributed by atoms with Crippen LogP contribution in [0.1, 0.15) is 52.8 Å². The Morgan fingerprint density at radius 1 is 1.00 bits per heavy atom. The number of aryl methyl sites for hydroxylation is 3. The zero-order chi connectivity index (χ0) is 15.2. The van der Waals surface area contributed by atoms with E-state index in [1.54, 1.807) is 0 Å². The van der Waals surface area contributed by atoms with Gasteiger partial charge in [0.25, 0.3) is 0 Å². The highest BCUT2D eigenvalue weighted by Gasteiger charge is 2.13. The van der Waals surface area contributed by atoms with Crippen LogP contribution >= 0.6 is 11.3 Å². The maximum atomic E-state index is 3.71. The SMILES string of the molecule is CCCNC(Cc1ccc(CC)s1)c1ccc(C)c(C)c1. The van der Waals surface area contributed by atoms with Crippen molar-refractivity contribution in [2.24, 2.45) is 0 Å². The molecule has 1 nitrogen and oxygen atoms in total. The van der Waals surface area contributed by atoms with Crippen molar-refractivity contribution >= 4 is 11.3 Å². The highest BCUT2D eigenvalue weighted by Crippen LogP contribution is 2.25. The average Bonchev–Trinajstić information content (AvgIpc) is 2.94. The molecule has 0 saturated heterocycles. The molecule has 0 saturated carbocycles. The molecule has 1 unspecified atom stereocenters. The van der Waals surface area contributed by atoms with Crippen molar-refractivity contribution in [3.63, 3.8) is 0 Å². The Morgan fingerprint density at radius 2 is 1.76 bits per heavy atom. The van der Waals surface area contributed by atoms with Crippen LogP contribution in [0.3, 0.4) is 0 Å². The first kappa shape index (κ1) is 16.3. The van der Waals surface area contributed by atoms with Crippen LogP contribution in [0, 0.1) is 13.8 Å². The summed E-state index contributed by atoms with van der Waals surface area (Å²) in [5.41, 5.74) is 4.17. The van der Waals surface area contributed by atoms with Crippen LogP contribution in [0.4, 0.5) is 0 Å². The summed E-state index contributed by atoms with van der Waals surface area (Å²) in [6.45, 7) is 9.91. The Hall–Kier alpha value is -1.12. The van der Waals surface area contributed by atoms with Crippen molar-refractivity contribution in [3.8, 4) is 0 Å². The molecule has 0 aliphatic heterocycles. The summed E-state index contributed by atoms with van der Waals surface area (Å²) in [6.07, 6.45) is 3.40. The fourth-order valence-corrected chi connectivity index (χ4v) is 3.53. The largest absolute Gasteiger partial charge is 0.310 e. The summed E-state index contributed by atoms with van der Waals surface area (Å²) < 4.78 is 0. The second-order valence-electron chi connectivity index (χ2n) is 5.78. The maximum absolute atomic E-state index is 3.71. The average molecular weight is 301 g/mol. The molecule has 0 bridgehead atoms. The molecule has 2 rings (SSSR count). The van der Waals surface area contributed by atoms with Gasteiger partial charge < -0.3 is 5.32 Å². The number of rotatable bonds is 7. The first-order chi connectivity index (χ1) is 10.1. The van der Waals surface area contributed by atoms with Crippen LogP contribution in [0.2, 0.25) is 0 Å². The Bertz CT molecular complexity index is 571. The Kier molecular flexibility index (Phi) is 6.01. The van der Waals surface area contributed by atoms with Crippen LogP contribution in [-0.4, -0.2) is 6.54 Å². The highest BCUT2D eigenvalue weighted by atomic mass is 32.1. The number of hydrogen-bond acceptors (Lipinski definition) is 2. The first-order valence-electron chi connectivity index (χ1n) is 8.02. The fraction of sp³-hybridized carbons (Fsp3) is 0.474. The minimum absolute atomic E-state index is 0.424. The third-order valence-electron chi connectivity index (χ3n) is 4.05. The second-order valence-corrected chi connectivity index (χ2v) is 7.03. The topological polar surface area (TPSA) is 12.0 Å². The Labute approximate surface area is 133 Å². The fourth-order valence-electron chi connectivity index (χ4n) is 2.53. The summed E-state index contributed by atoms with van der Waals surface area (Å²) in [5, 5.41) is 3.71. The predicted molar refractivity (Wildman–Crippen MR) is 94.4 cm³/mol. The number of hydrogen-bond donors (Lipinski definition) is 1. The summed E-state index contributed by atoms with van der Waals surface area (Å²) in [6, 6.07) is 11.9. The van der Waals surface area contributed by atoms with Gasteiger partial charge in [0.1, 0.15) is 0 Å². The van der Waals surface area contributed by atoms with Gasteiger partial charge in [0.05, 0.1) is 0 Å². The zero-order valence-corrected chi connectivity index (χ0v) is 14.5. The molecule has 0 radical (unpaired) electrons. The Balaban J connectivity index is 2.18. The normalized spacial score (nSPS) is 12.6. The van der Waals surface area contributed by atoms with E-state index in [4.69, 9.17) is 0 Å². The van der Waals surface area contributed by atoms with Crippen molar-refractivity contribution in [3.05, 3.63) is 56.8 Å². The minimum atomic E-state index is 0.424. The third-order valence-corrected chi connectivity index (χ3v) is 5.30. The molecule has 1 N–H and O–H groups in total. The van der Waals surface area contributed by atoms with Gasteiger partial charge in [0, 0.05) is 22.2 Å². The molecule has 1 aromatic heterocycles. The molecular weight excluding hydrogens is 274 g/mol. The van der Waals surface area contributed by atoms with Gasteiger partial charge in [-0.15, -0.1) is 11.3 Å². The molecule has 0 spiro atoms. The third kappa shape index (κ3) is 4.42. The van der Waals surface area contributed by atoms with Crippen LogP contribution < -0.4 is 5.32 Å². The molecule has 0 fully saturated rings. The lowest BCUT2D eigenvalue weighted by Crippen LogP contribution is -2.24. The molecule has 1 atom stereocenters. The van der Waals surface area contributed by atoms with E-state index in [2.05, 4.69) is 63.3 Å². The summed E-state index contributed by atoms with van der Waals surface area (Å²) in [4.78, 5) is 2.97. The van der Waals surface area contributed by atoms with Gasteiger partial charge >= 0.3 is 0 Å². The van der Waals surface area contributed by atoms with Crippen molar-refractivity contribution in [1.29, 1.82) is 0 Å². The van der Waals surface area contributed by atoms with Crippen molar-refractivity contribution in [2.45, 2.75) is 53.0 Å². The smallest absolute Gasteiger partial charge is 0.0368 e. The monoisotopic (exact) mass is 301 g/mol. The Morgan fingerprint density at radius 3 is 2.38 bits per heavy atom. The summed E-state index contributed by atoms with van der Waals surface area (Å²) >= 11 is 1.96. The molecule has 2 aromatic rings. The van der Waals surface area contributed by atoms with E-state index in [0.29, 0.717) is 6.04 Å². The lowest BCUT2D eigenvalue weighted by molar-refractivity contribution is 0.532. The quantitative estimate of drug-likeness (QED) is 0.740. The molecule has 1 heterocycles. The first-order valence-corrected chi connectivity index (χ1v) is 8.83. The summed E-state index contributed by atoms with van der Waals surface area (Å²) in [5.74, 6) is 0. The lowest BCUT2D eigenvalue weighted by Gasteiger charge is -2.19. The number of thiophene rings is 1. The van der Waals surface area contributed by atoms with E-state index in [9.17, 15) is 0 Å². The van der Waals surface area contributed by atoms with E-state index in [1.807, 2.05) is 11.3 Å². The van der Waals surface area contributed by atoms with E-state index in [1.165, 1.54) is 32.9 Å². The van der Waals surface area contributed by atoms with Gasteiger partial charge in [-0.05, 0) is 62.1 Å². The van der Waals surface area contributed by atoms with Crippen molar-refractivity contribution in [2.75, 3.05) is 6.54 Å². The number of benzene rings is 1. The number of nitrogens with one attached hydrogen (secondary N) is 1. The van der Waals surface area contributed by atoms with Gasteiger partial charge in [-0.3, -0.25) is 0 Å². The van der Waals surface area contributed by atoms with Crippen molar-refractivity contribution < 1.29 is 0 Å². The molecule has 2 heteroatoms. The molecular formula is C19H27NS. The van der Waals surface area contributed by atoms with Gasteiger partial charge in [-0.2, -0.15) is 0 Å². The maximum Gasteiger partial charge on any atom is 0.0368 e. The van der Waals surface area contributed by atoms with Crippen molar-refractivity contribution in [1.82, 2.24) is 5.32 Å². The van der Waals surface area contributed by atoms with E-state index in [0.717, 1.165) is 19.4 Å².